The first-order valence-electron chi connectivity index (χ1n) is 13.2. The molecule has 1 saturated heterocycles. The molecule has 0 aliphatic carbocycles. The Morgan fingerprint density at radius 1 is 1.18 bits per heavy atom. The Labute approximate surface area is 234 Å². The summed E-state index contributed by atoms with van der Waals surface area (Å²) in [7, 11) is 0. The Hall–Kier alpha value is -2.86. The van der Waals surface area contributed by atoms with Gasteiger partial charge in [0, 0.05) is 26.1 Å². The summed E-state index contributed by atoms with van der Waals surface area (Å²) in [5, 5.41) is 16.0. The number of nitrogens with zero attached hydrogens (tertiary/aromatic N) is 2. The number of amides is 3. The van der Waals surface area contributed by atoms with Crippen LogP contribution in [0.25, 0.3) is 10.4 Å². The third-order valence-corrected chi connectivity index (χ3v) is 7.50. The molecule has 0 saturated carbocycles. The van der Waals surface area contributed by atoms with Crippen LogP contribution < -0.4 is 10.6 Å². The van der Waals surface area contributed by atoms with Crippen molar-refractivity contribution < 1.29 is 29.0 Å². The average Bonchev–Trinajstić information content (AvgIpc) is 3.50. The van der Waals surface area contributed by atoms with E-state index in [9.17, 15) is 19.5 Å². The predicted molar refractivity (Wildman–Crippen MR) is 149 cm³/mol. The molecule has 3 amide bonds. The molecule has 3 rings (SSSR count). The van der Waals surface area contributed by atoms with Gasteiger partial charge in [0.2, 0.25) is 17.7 Å². The number of carbonyl (C=O) groups is 3. The second-order valence-corrected chi connectivity index (χ2v) is 11.5. The number of aryl methyl sites for hydroxylation is 1. The maximum absolute atomic E-state index is 13.6. The van der Waals surface area contributed by atoms with Crippen LogP contribution in [-0.2, 0) is 30.4 Å². The summed E-state index contributed by atoms with van der Waals surface area (Å²) in [6.07, 6.45) is -0.697. The number of ether oxygens (including phenoxy) is 2. The molecule has 11 heteroatoms. The van der Waals surface area contributed by atoms with Crippen LogP contribution in [0.15, 0.2) is 29.8 Å². The average molecular weight is 561 g/mol. The molecule has 2 aromatic rings. The number of rotatable bonds is 12. The fourth-order valence-corrected chi connectivity index (χ4v) is 5.22. The van der Waals surface area contributed by atoms with Gasteiger partial charge in [0.25, 0.3) is 0 Å². The summed E-state index contributed by atoms with van der Waals surface area (Å²) in [6, 6.07) is 6.15. The highest BCUT2D eigenvalue weighted by molar-refractivity contribution is 7.13. The molecule has 0 bridgehead atoms. The Bertz CT molecular complexity index is 1110. The van der Waals surface area contributed by atoms with E-state index >= 15 is 0 Å². The van der Waals surface area contributed by atoms with Crippen molar-refractivity contribution in [1.29, 1.82) is 0 Å². The number of likely N-dealkylation sites (tertiary alicyclic amines) is 1. The maximum atomic E-state index is 13.6. The Morgan fingerprint density at radius 3 is 2.49 bits per heavy atom. The SMILES string of the molecule is CCOCCOCC(=O)N[C@H](C(=O)N1C[C@H](O)C[C@H]1C(=O)NCc1ccc(-c2scnc2C)cc1)C(C)(C)C. The van der Waals surface area contributed by atoms with Gasteiger partial charge in [-0.2, -0.15) is 0 Å². The number of aliphatic hydroxyl groups is 1. The highest BCUT2D eigenvalue weighted by Gasteiger charge is 2.44. The minimum atomic E-state index is -0.899. The van der Waals surface area contributed by atoms with E-state index < -0.39 is 35.4 Å². The lowest BCUT2D eigenvalue weighted by Gasteiger charge is -2.35. The zero-order valence-corrected chi connectivity index (χ0v) is 24.2. The molecule has 3 atom stereocenters. The smallest absolute Gasteiger partial charge is 0.246 e. The lowest BCUT2D eigenvalue weighted by atomic mass is 9.85. The lowest BCUT2D eigenvalue weighted by Crippen LogP contribution is -2.58. The number of β-amino-alcohol motifs (C(OH)–C–C–N with tert-alkyl or cyclic N) is 1. The maximum Gasteiger partial charge on any atom is 0.246 e. The van der Waals surface area contributed by atoms with Crippen LogP contribution >= 0.6 is 11.3 Å². The van der Waals surface area contributed by atoms with Crippen molar-refractivity contribution in [1.82, 2.24) is 20.5 Å². The second-order valence-electron chi connectivity index (χ2n) is 10.7. The topological polar surface area (TPSA) is 130 Å². The van der Waals surface area contributed by atoms with Gasteiger partial charge in [-0.3, -0.25) is 14.4 Å². The fraction of sp³-hybridized carbons (Fsp3) is 0.571. The molecule has 214 valence electrons. The summed E-state index contributed by atoms with van der Waals surface area (Å²) in [5.74, 6) is -1.19. The van der Waals surface area contributed by atoms with Crippen LogP contribution in [0.2, 0.25) is 0 Å². The van der Waals surface area contributed by atoms with Crippen molar-refractivity contribution in [2.75, 3.05) is 33.0 Å². The van der Waals surface area contributed by atoms with Gasteiger partial charge in [0.05, 0.1) is 35.4 Å². The van der Waals surface area contributed by atoms with E-state index in [0.29, 0.717) is 13.2 Å². The highest BCUT2D eigenvalue weighted by Crippen LogP contribution is 2.28. The standard InChI is InChI=1S/C28H40N4O6S/c1-6-37-11-12-38-16-23(34)31-25(28(3,4)5)27(36)32-15-21(33)13-22(32)26(35)29-14-19-7-9-20(10-8-19)24-18(2)30-17-39-24/h7-10,17,21-22,25,33H,6,11-16H2,1-5H3,(H,29,35)(H,31,34)/t21-,22+,25-/m1/s1. The second kappa shape index (κ2) is 14.0. The predicted octanol–water partition coefficient (Wildman–Crippen LogP) is 2.28. The number of hydrogen-bond acceptors (Lipinski definition) is 8. The third-order valence-electron chi connectivity index (χ3n) is 6.52. The van der Waals surface area contributed by atoms with Crippen LogP contribution in [0.4, 0.5) is 0 Å². The van der Waals surface area contributed by atoms with Crippen molar-refractivity contribution in [2.45, 2.75) is 65.8 Å². The van der Waals surface area contributed by atoms with Gasteiger partial charge >= 0.3 is 0 Å². The molecular weight excluding hydrogens is 520 g/mol. The van der Waals surface area contributed by atoms with Gasteiger partial charge < -0.3 is 30.1 Å². The quantitative estimate of drug-likeness (QED) is 0.340. The molecule has 10 nitrogen and oxygen atoms in total. The fourth-order valence-electron chi connectivity index (χ4n) is 4.41. The van der Waals surface area contributed by atoms with Gasteiger partial charge in [-0.1, -0.05) is 45.0 Å². The van der Waals surface area contributed by atoms with Gasteiger partial charge in [-0.05, 0) is 30.4 Å². The first-order valence-corrected chi connectivity index (χ1v) is 14.1. The van der Waals surface area contributed by atoms with E-state index in [2.05, 4.69) is 15.6 Å². The minimum absolute atomic E-state index is 0.0210. The van der Waals surface area contributed by atoms with Crippen LogP contribution in [-0.4, -0.2) is 83.9 Å². The van der Waals surface area contributed by atoms with Gasteiger partial charge in [-0.25, -0.2) is 4.98 Å². The number of benzene rings is 1. The van der Waals surface area contributed by atoms with E-state index in [0.717, 1.165) is 21.7 Å². The van der Waals surface area contributed by atoms with Crippen molar-refractivity contribution in [3.05, 3.63) is 41.0 Å². The number of aliphatic hydroxyl groups excluding tert-OH is 1. The van der Waals surface area contributed by atoms with Gasteiger partial charge in [0.15, 0.2) is 0 Å². The monoisotopic (exact) mass is 560 g/mol. The van der Waals surface area contributed by atoms with E-state index in [1.165, 1.54) is 4.90 Å². The zero-order valence-electron chi connectivity index (χ0n) is 23.4. The molecule has 39 heavy (non-hydrogen) atoms. The Kier molecular flexibility index (Phi) is 11.0. The highest BCUT2D eigenvalue weighted by atomic mass is 32.1. The molecule has 1 aromatic carbocycles. The lowest BCUT2D eigenvalue weighted by molar-refractivity contribution is -0.144. The van der Waals surface area contributed by atoms with Crippen molar-refractivity contribution in [3.63, 3.8) is 0 Å². The number of hydrogen-bond donors (Lipinski definition) is 3. The first-order chi connectivity index (χ1) is 18.5. The minimum Gasteiger partial charge on any atom is -0.391 e. The normalized spacial score (nSPS) is 18.2. The molecule has 0 spiro atoms. The molecule has 0 unspecified atom stereocenters. The molecule has 0 radical (unpaired) electrons. The Morgan fingerprint density at radius 2 is 1.87 bits per heavy atom. The van der Waals surface area contributed by atoms with E-state index in [4.69, 9.17) is 9.47 Å². The van der Waals surface area contributed by atoms with Gasteiger partial charge in [0.1, 0.15) is 18.7 Å². The number of carbonyl (C=O) groups excluding carboxylic acids is 3. The van der Waals surface area contributed by atoms with E-state index in [-0.39, 0.29) is 38.6 Å². The van der Waals surface area contributed by atoms with Crippen LogP contribution in [0.1, 0.15) is 45.4 Å². The van der Waals surface area contributed by atoms with Crippen molar-refractivity contribution >= 4 is 29.1 Å². The van der Waals surface area contributed by atoms with E-state index in [1.54, 1.807) is 11.3 Å². The van der Waals surface area contributed by atoms with Crippen molar-refractivity contribution in [3.8, 4) is 10.4 Å². The molecular formula is C28H40N4O6S. The molecule has 1 aliphatic rings. The largest absolute Gasteiger partial charge is 0.391 e. The molecule has 1 aliphatic heterocycles. The summed E-state index contributed by atoms with van der Waals surface area (Å²) >= 11 is 1.58. The number of aromatic nitrogens is 1. The molecule has 1 aromatic heterocycles. The number of thiazole rings is 1. The molecule has 2 heterocycles. The Balaban J connectivity index is 1.61. The summed E-state index contributed by atoms with van der Waals surface area (Å²) in [6.45, 7) is 10.7. The van der Waals surface area contributed by atoms with Crippen LogP contribution in [0.3, 0.4) is 0 Å². The molecule has 3 N–H and O–H groups in total. The van der Waals surface area contributed by atoms with Crippen molar-refractivity contribution in [2.24, 2.45) is 5.41 Å². The summed E-state index contributed by atoms with van der Waals surface area (Å²) in [5.41, 5.74) is 4.13. The van der Waals surface area contributed by atoms with E-state index in [1.807, 2.05) is 64.4 Å². The summed E-state index contributed by atoms with van der Waals surface area (Å²) < 4.78 is 10.5. The molecule has 1 fully saturated rings. The first kappa shape index (κ1) is 30.7. The van der Waals surface area contributed by atoms with Crippen LogP contribution in [0, 0.1) is 12.3 Å². The van der Waals surface area contributed by atoms with Crippen LogP contribution in [0.5, 0.6) is 0 Å². The zero-order chi connectivity index (χ0) is 28.6. The number of nitrogens with one attached hydrogen (secondary N) is 2. The summed E-state index contributed by atoms with van der Waals surface area (Å²) in [4.78, 5) is 46.1. The third kappa shape index (κ3) is 8.56. The van der Waals surface area contributed by atoms with Gasteiger partial charge in [-0.15, -0.1) is 11.3 Å².